The lowest BCUT2D eigenvalue weighted by molar-refractivity contribution is 1.16. The molecule has 1 N–H and O–H groups in total. The van der Waals surface area contributed by atoms with E-state index in [1.807, 2.05) is 7.05 Å². The molecule has 0 unspecified atom stereocenters. The van der Waals surface area contributed by atoms with Crippen LogP contribution in [0.3, 0.4) is 0 Å². The highest BCUT2D eigenvalue weighted by molar-refractivity contribution is 5.47. The average molecular weight is 107 g/mol. The van der Waals surface area contributed by atoms with E-state index in [0.29, 0.717) is 0 Å². The minimum absolute atomic E-state index is 1.13. The maximum atomic E-state index is 2.97. The van der Waals surface area contributed by atoms with Crippen molar-refractivity contribution < 1.29 is 0 Å². The third kappa shape index (κ3) is 1.04. The van der Waals surface area contributed by atoms with Gasteiger partial charge in [0.2, 0.25) is 0 Å². The number of allylic oxidation sites excluding steroid dienone is 2. The molecule has 1 rings (SSSR count). The molecule has 42 valence electrons. The molecule has 0 spiro atoms. The number of rotatable bonds is 0. The first kappa shape index (κ1) is 5.24. The Morgan fingerprint density at radius 3 is 2.62 bits per heavy atom. The second-order valence-electron chi connectivity index (χ2n) is 1.94. The average Bonchev–Trinajstić information content (AvgIpc) is 2.42. The normalized spacial score (nSPS) is 14.8. The van der Waals surface area contributed by atoms with E-state index in [1.165, 1.54) is 11.1 Å². The van der Waals surface area contributed by atoms with Crippen LogP contribution in [0.5, 0.6) is 0 Å². The van der Waals surface area contributed by atoms with Crippen LogP contribution in [-0.2, 0) is 0 Å². The van der Waals surface area contributed by atoms with Crippen molar-refractivity contribution >= 4 is 0 Å². The molecule has 0 saturated carbocycles. The van der Waals surface area contributed by atoms with Crippen LogP contribution >= 0.6 is 0 Å². The molecule has 0 fully saturated rings. The highest BCUT2D eigenvalue weighted by Gasteiger charge is 2.12. The largest absolute Gasteiger partial charge is 0.349 e. The van der Waals surface area contributed by atoms with E-state index in [-0.39, 0.29) is 0 Å². The molecule has 0 amide bonds. The van der Waals surface area contributed by atoms with Crippen molar-refractivity contribution in [3.8, 4) is 12.0 Å². The molecule has 1 aliphatic carbocycles. The van der Waals surface area contributed by atoms with Crippen LogP contribution in [0.25, 0.3) is 0 Å². The summed E-state index contributed by atoms with van der Waals surface area (Å²) < 4.78 is 0. The third-order valence-corrected chi connectivity index (χ3v) is 1.17. The summed E-state index contributed by atoms with van der Waals surface area (Å²) in [5, 5.41) is 2.76. The van der Waals surface area contributed by atoms with Gasteiger partial charge in [-0.2, -0.15) is 0 Å². The fourth-order valence-corrected chi connectivity index (χ4v) is 0.510. The first-order chi connectivity index (χ1) is 3.84. The second kappa shape index (κ2) is 1.92. The van der Waals surface area contributed by atoms with Gasteiger partial charge in [0, 0.05) is 25.1 Å². The molecule has 1 heteroatoms. The summed E-state index contributed by atoms with van der Waals surface area (Å²) in [6.45, 7) is 2.11. The van der Waals surface area contributed by atoms with Gasteiger partial charge in [-0.1, -0.05) is 5.57 Å². The first-order valence-electron chi connectivity index (χ1n) is 2.71. The van der Waals surface area contributed by atoms with E-state index in [4.69, 9.17) is 0 Å². The molecule has 0 aromatic rings. The zero-order chi connectivity index (χ0) is 5.98. The highest BCUT2D eigenvalue weighted by Crippen LogP contribution is 2.28. The zero-order valence-electron chi connectivity index (χ0n) is 5.21. The van der Waals surface area contributed by atoms with Gasteiger partial charge in [0.25, 0.3) is 0 Å². The lowest BCUT2D eigenvalue weighted by Crippen LogP contribution is -1.91. The smallest absolute Gasteiger partial charge is 0.0116 e. The molecular weight excluding hydrogens is 98.1 g/mol. The van der Waals surface area contributed by atoms with Gasteiger partial charge in [0.1, 0.15) is 0 Å². The predicted octanol–water partition coefficient (Wildman–Crippen LogP) is 0.887. The minimum atomic E-state index is 1.13. The summed E-state index contributed by atoms with van der Waals surface area (Å²) in [7, 11) is 1.82. The SMILES string of the molecule is CNC#CC1=C(C)C1. The molecule has 0 radical (unpaired) electrons. The van der Waals surface area contributed by atoms with Gasteiger partial charge in [-0.25, -0.2) is 0 Å². The van der Waals surface area contributed by atoms with Crippen molar-refractivity contribution in [2.75, 3.05) is 7.05 Å². The zero-order valence-corrected chi connectivity index (χ0v) is 5.21. The van der Waals surface area contributed by atoms with Gasteiger partial charge in [-0.05, 0) is 12.8 Å². The molecule has 1 nitrogen and oxygen atoms in total. The maximum Gasteiger partial charge on any atom is 0.0116 e. The number of hydrogen-bond donors (Lipinski definition) is 1. The monoisotopic (exact) mass is 107 g/mol. The van der Waals surface area contributed by atoms with Crippen molar-refractivity contribution in [3.05, 3.63) is 11.1 Å². The number of hydrogen-bond acceptors (Lipinski definition) is 1. The Hall–Kier alpha value is -0.900. The summed E-state index contributed by atoms with van der Waals surface area (Å²) in [6, 6.07) is 2.78. The Balaban J connectivity index is 2.42. The minimum Gasteiger partial charge on any atom is -0.349 e. The molecular formula is C7H9N. The van der Waals surface area contributed by atoms with E-state index in [9.17, 15) is 0 Å². The van der Waals surface area contributed by atoms with E-state index in [2.05, 4.69) is 24.2 Å². The molecule has 1 aliphatic rings. The van der Waals surface area contributed by atoms with Gasteiger partial charge >= 0.3 is 0 Å². The molecule has 0 saturated heterocycles. The molecule has 0 heterocycles. The first-order valence-corrected chi connectivity index (χ1v) is 2.71. The summed E-state index contributed by atoms with van der Waals surface area (Å²) in [5.41, 5.74) is 2.74. The Labute approximate surface area is 49.8 Å². The van der Waals surface area contributed by atoms with Gasteiger partial charge in [0.05, 0.1) is 0 Å². The van der Waals surface area contributed by atoms with E-state index in [1.54, 1.807) is 0 Å². The Morgan fingerprint density at radius 1 is 1.62 bits per heavy atom. The number of nitrogens with one attached hydrogen (secondary N) is 1. The standard InChI is InChI=1S/C7H9N/c1-6-5-7(6)3-4-8-2/h8H,5H2,1-2H3. The topological polar surface area (TPSA) is 12.0 Å². The van der Waals surface area contributed by atoms with Crippen LogP contribution < -0.4 is 5.32 Å². The molecule has 0 bridgehead atoms. The van der Waals surface area contributed by atoms with E-state index >= 15 is 0 Å². The van der Waals surface area contributed by atoms with Crippen LogP contribution in [0, 0.1) is 12.0 Å². The van der Waals surface area contributed by atoms with E-state index < -0.39 is 0 Å². The van der Waals surface area contributed by atoms with Crippen LogP contribution in [0.15, 0.2) is 11.1 Å². The van der Waals surface area contributed by atoms with Crippen molar-refractivity contribution in [1.29, 1.82) is 0 Å². The Kier molecular flexibility index (Phi) is 1.26. The van der Waals surface area contributed by atoms with Crippen LogP contribution in [0.1, 0.15) is 13.3 Å². The molecule has 0 aliphatic heterocycles. The molecule has 8 heavy (non-hydrogen) atoms. The predicted molar refractivity (Wildman–Crippen MR) is 34.2 cm³/mol. The summed E-state index contributed by atoms with van der Waals surface area (Å²) in [5.74, 6) is 2.97. The van der Waals surface area contributed by atoms with Crippen LogP contribution in [0.2, 0.25) is 0 Å². The lowest BCUT2D eigenvalue weighted by atomic mass is 10.5. The Morgan fingerprint density at radius 2 is 2.25 bits per heavy atom. The quantitative estimate of drug-likeness (QED) is 0.358. The van der Waals surface area contributed by atoms with Gasteiger partial charge in [0.15, 0.2) is 0 Å². The van der Waals surface area contributed by atoms with Crippen molar-refractivity contribution in [2.45, 2.75) is 13.3 Å². The van der Waals surface area contributed by atoms with Crippen molar-refractivity contribution in [3.63, 3.8) is 0 Å². The molecule has 0 aromatic heterocycles. The fraction of sp³-hybridized carbons (Fsp3) is 0.429. The molecule has 0 atom stereocenters. The maximum absolute atomic E-state index is 2.97. The second-order valence-corrected chi connectivity index (χ2v) is 1.94. The van der Waals surface area contributed by atoms with Gasteiger partial charge < -0.3 is 5.32 Å². The summed E-state index contributed by atoms with van der Waals surface area (Å²) in [4.78, 5) is 0. The summed E-state index contributed by atoms with van der Waals surface area (Å²) in [6.07, 6.45) is 1.13. The van der Waals surface area contributed by atoms with Crippen molar-refractivity contribution in [2.24, 2.45) is 0 Å². The van der Waals surface area contributed by atoms with Crippen LogP contribution in [-0.4, -0.2) is 7.05 Å². The lowest BCUT2D eigenvalue weighted by Gasteiger charge is -1.71. The van der Waals surface area contributed by atoms with Gasteiger partial charge in [-0.3, -0.25) is 0 Å². The molecule has 0 aromatic carbocycles. The third-order valence-electron chi connectivity index (χ3n) is 1.17. The Bertz CT molecular complexity index is 178. The fourth-order valence-electron chi connectivity index (χ4n) is 0.510. The van der Waals surface area contributed by atoms with Crippen molar-refractivity contribution in [1.82, 2.24) is 5.32 Å². The van der Waals surface area contributed by atoms with Crippen LogP contribution in [0.4, 0.5) is 0 Å². The highest BCUT2D eigenvalue weighted by atomic mass is 14.8. The van der Waals surface area contributed by atoms with E-state index in [0.717, 1.165) is 6.42 Å². The summed E-state index contributed by atoms with van der Waals surface area (Å²) >= 11 is 0. The van der Waals surface area contributed by atoms with Gasteiger partial charge in [-0.15, -0.1) is 0 Å².